The molecule has 1 aliphatic carbocycles. The van der Waals surface area contributed by atoms with Gasteiger partial charge < -0.3 is 29.2 Å². The zero-order valence-electron chi connectivity index (χ0n) is 28.3. The molecule has 46 heavy (non-hydrogen) atoms. The van der Waals surface area contributed by atoms with Crippen molar-refractivity contribution in [1.82, 2.24) is 0 Å². The summed E-state index contributed by atoms with van der Waals surface area (Å²) in [5.41, 5.74) is 1.35. The van der Waals surface area contributed by atoms with E-state index in [4.69, 9.17) is 28.9 Å². The lowest BCUT2D eigenvalue weighted by atomic mass is 9.91. The van der Waals surface area contributed by atoms with Crippen molar-refractivity contribution in [3.63, 3.8) is 0 Å². The maximum absolute atomic E-state index is 10.6. The van der Waals surface area contributed by atoms with Gasteiger partial charge in [-0.2, -0.15) is 0 Å². The summed E-state index contributed by atoms with van der Waals surface area (Å²) in [7, 11) is 3.50. The summed E-state index contributed by atoms with van der Waals surface area (Å²) < 4.78 is 21.9. The second-order valence-corrected chi connectivity index (χ2v) is 12.3. The van der Waals surface area contributed by atoms with Gasteiger partial charge in [0.2, 0.25) is 0 Å². The van der Waals surface area contributed by atoms with Crippen molar-refractivity contribution in [1.29, 1.82) is 0 Å². The van der Waals surface area contributed by atoms with Crippen LogP contribution in [-0.4, -0.2) is 75.4 Å². The minimum atomic E-state index is 0.0274. The van der Waals surface area contributed by atoms with Gasteiger partial charge in [-0.15, -0.1) is 0 Å². The Balaban J connectivity index is 1.41. The summed E-state index contributed by atoms with van der Waals surface area (Å²) in [5.74, 6) is 1.69. The second-order valence-electron chi connectivity index (χ2n) is 12.3. The topological polar surface area (TPSA) is 102 Å². The lowest BCUT2D eigenvalue weighted by molar-refractivity contribution is 0.191. The number of nitrogens with zero attached hydrogens (tertiary/aromatic N) is 2. The predicted octanol–water partition coefficient (Wildman–Crippen LogP) is 8.68. The molecule has 1 aliphatic rings. The highest BCUT2D eigenvalue weighted by atomic mass is 16.5. The molecular weight excluding hydrogens is 580 g/mol. The molecule has 0 saturated heterocycles. The summed E-state index contributed by atoms with van der Waals surface area (Å²) >= 11 is 0. The van der Waals surface area contributed by atoms with Crippen LogP contribution in [0.5, 0.6) is 23.0 Å². The van der Waals surface area contributed by atoms with Crippen LogP contribution < -0.4 is 9.47 Å². The third-order valence-corrected chi connectivity index (χ3v) is 8.53. The van der Waals surface area contributed by atoms with Crippen LogP contribution in [0.3, 0.4) is 0 Å². The van der Waals surface area contributed by atoms with Gasteiger partial charge in [-0.05, 0) is 62.8 Å². The van der Waals surface area contributed by atoms with E-state index in [1.165, 1.54) is 38.5 Å². The quantitative estimate of drug-likeness (QED) is 0.0881. The first-order valence-corrected chi connectivity index (χ1v) is 17.6. The van der Waals surface area contributed by atoms with E-state index in [9.17, 15) is 10.2 Å². The molecule has 1 saturated carbocycles. The lowest BCUT2D eigenvalue weighted by Crippen LogP contribution is -2.27. The Morgan fingerprint density at radius 2 is 0.935 bits per heavy atom. The van der Waals surface area contributed by atoms with Crippen molar-refractivity contribution in [3.05, 3.63) is 47.5 Å². The molecule has 8 heteroatoms. The Kier molecular flexibility index (Phi) is 18.9. The number of hydrogen-bond donors (Lipinski definition) is 2. The average molecular weight is 639 g/mol. The van der Waals surface area contributed by atoms with Gasteiger partial charge in [0, 0.05) is 63.1 Å². The molecule has 2 aromatic rings. The van der Waals surface area contributed by atoms with Crippen LogP contribution in [-0.2, 0) is 9.47 Å². The fraction of sp³-hybridized carbons (Fsp3) is 0.632. The van der Waals surface area contributed by atoms with E-state index >= 15 is 0 Å². The molecule has 0 amide bonds. The Morgan fingerprint density at radius 1 is 0.565 bits per heavy atom. The number of ether oxygens (including phenoxy) is 4. The number of benzene rings is 2. The molecule has 256 valence electrons. The van der Waals surface area contributed by atoms with E-state index in [2.05, 4.69) is 0 Å². The first kappa shape index (κ1) is 37.4. The fourth-order valence-corrected chi connectivity index (χ4v) is 5.73. The maximum atomic E-state index is 10.6. The van der Waals surface area contributed by atoms with Gasteiger partial charge >= 0.3 is 0 Å². The molecule has 0 unspecified atom stereocenters. The molecule has 0 heterocycles. The second kappa shape index (κ2) is 23.3. The van der Waals surface area contributed by atoms with Crippen LogP contribution in [0, 0.1) is 0 Å². The standard InChI is InChI=1S/C38H58N2O6/c1-43-23-13-7-3-5-9-15-25-45-33-21-19-31(37(41)27-33)29-39-35-17-11-12-18-36(35)40-30-32-20-22-34(28-38(32)42)46-26-16-10-6-4-8-14-24-44-2/h19-22,27-30,35-36,41-42H,3-18,23-26H2,1-2H3/t35-,36-/m1/s1. The highest BCUT2D eigenvalue weighted by molar-refractivity contribution is 5.85. The molecule has 1 fully saturated rings. The molecule has 2 aromatic carbocycles. The van der Waals surface area contributed by atoms with Crippen molar-refractivity contribution in [2.45, 2.75) is 115 Å². The fourth-order valence-electron chi connectivity index (χ4n) is 5.73. The van der Waals surface area contributed by atoms with Gasteiger partial charge in [0.25, 0.3) is 0 Å². The van der Waals surface area contributed by atoms with E-state index in [1.807, 2.05) is 24.3 Å². The first-order valence-electron chi connectivity index (χ1n) is 17.6. The van der Waals surface area contributed by atoms with E-state index in [0.29, 0.717) is 35.8 Å². The van der Waals surface area contributed by atoms with Crippen molar-refractivity contribution in [3.8, 4) is 23.0 Å². The Bertz CT molecular complexity index is 1060. The molecule has 0 aromatic heterocycles. The van der Waals surface area contributed by atoms with Crippen LogP contribution in [0.4, 0.5) is 0 Å². The Labute approximate surface area is 277 Å². The van der Waals surface area contributed by atoms with Crippen molar-refractivity contribution in [2.75, 3.05) is 40.6 Å². The first-order chi connectivity index (χ1) is 22.6. The van der Waals surface area contributed by atoms with Gasteiger partial charge in [0.05, 0.1) is 25.3 Å². The molecule has 8 nitrogen and oxygen atoms in total. The smallest absolute Gasteiger partial charge is 0.128 e. The summed E-state index contributed by atoms with van der Waals surface area (Å²) in [5, 5.41) is 21.2. The SMILES string of the molecule is COCCCCCCCCOc1ccc(C=N[C@@H]2CCCC[C@H]2N=Cc2ccc(OCCCCCCCCOC)cc2O)c(O)c1. The number of hydrogen-bond acceptors (Lipinski definition) is 8. The predicted molar refractivity (Wildman–Crippen MR) is 188 cm³/mol. The lowest BCUT2D eigenvalue weighted by Gasteiger charge is -2.25. The van der Waals surface area contributed by atoms with Crippen molar-refractivity contribution in [2.24, 2.45) is 9.98 Å². The third-order valence-electron chi connectivity index (χ3n) is 8.53. The minimum absolute atomic E-state index is 0.0274. The zero-order chi connectivity index (χ0) is 32.7. The Hall–Kier alpha value is -3.10. The van der Waals surface area contributed by atoms with E-state index in [-0.39, 0.29) is 23.6 Å². The summed E-state index contributed by atoms with van der Waals surface area (Å²) in [6, 6.07) is 10.9. The van der Waals surface area contributed by atoms with E-state index in [0.717, 1.165) is 77.4 Å². The minimum Gasteiger partial charge on any atom is -0.507 e. The maximum Gasteiger partial charge on any atom is 0.128 e. The van der Waals surface area contributed by atoms with E-state index in [1.54, 1.807) is 38.8 Å². The number of aromatic hydroxyl groups is 2. The van der Waals surface area contributed by atoms with Crippen LogP contribution in [0.2, 0.25) is 0 Å². The molecule has 0 aliphatic heterocycles. The summed E-state index contributed by atoms with van der Waals surface area (Å²) in [6.07, 6.45) is 21.5. The molecule has 3 rings (SSSR count). The monoisotopic (exact) mass is 638 g/mol. The van der Waals surface area contributed by atoms with Gasteiger partial charge in [0.15, 0.2) is 0 Å². The van der Waals surface area contributed by atoms with Crippen LogP contribution in [0.1, 0.15) is 114 Å². The normalized spacial score (nSPS) is 16.8. The number of unbranched alkanes of at least 4 members (excludes halogenated alkanes) is 10. The van der Waals surface area contributed by atoms with Crippen LogP contribution >= 0.6 is 0 Å². The number of phenolic OH excluding ortho intramolecular Hbond substituents is 2. The number of aliphatic imine (C=N–C) groups is 2. The Morgan fingerprint density at radius 3 is 1.30 bits per heavy atom. The largest absolute Gasteiger partial charge is 0.507 e. The van der Waals surface area contributed by atoms with Crippen LogP contribution in [0.15, 0.2) is 46.4 Å². The van der Waals surface area contributed by atoms with Gasteiger partial charge in [-0.3, -0.25) is 9.98 Å². The van der Waals surface area contributed by atoms with E-state index < -0.39 is 0 Å². The van der Waals surface area contributed by atoms with Gasteiger partial charge in [0.1, 0.15) is 23.0 Å². The highest BCUT2D eigenvalue weighted by Crippen LogP contribution is 2.28. The molecule has 0 radical (unpaired) electrons. The van der Waals surface area contributed by atoms with Crippen molar-refractivity contribution < 1.29 is 29.2 Å². The van der Waals surface area contributed by atoms with Crippen LogP contribution in [0.25, 0.3) is 0 Å². The van der Waals surface area contributed by atoms with Gasteiger partial charge in [-0.25, -0.2) is 0 Å². The average Bonchev–Trinajstić information content (AvgIpc) is 3.06. The molecule has 2 N–H and O–H groups in total. The van der Waals surface area contributed by atoms with Gasteiger partial charge in [-0.1, -0.05) is 64.2 Å². The molecule has 0 bridgehead atoms. The number of rotatable bonds is 24. The summed E-state index contributed by atoms with van der Waals surface area (Å²) in [4.78, 5) is 9.67. The van der Waals surface area contributed by atoms with Crippen molar-refractivity contribution >= 4 is 12.4 Å². The molecule has 0 spiro atoms. The zero-order valence-corrected chi connectivity index (χ0v) is 28.3. The number of methoxy groups -OCH3 is 2. The molecular formula is C38H58N2O6. The highest BCUT2D eigenvalue weighted by Gasteiger charge is 2.23. The molecule has 2 atom stereocenters. The summed E-state index contributed by atoms with van der Waals surface area (Å²) in [6.45, 7) is 2.98. The third kappa shape index (κ3) is 15.0. The number of phenols is 2.